The van der Waals surface area contributed by atoms with Crippen LogP contribution in [0, 0.1) is 5.92 Å². The topological polar surface area (TPSA) is 55.1 Å². The second kappa shape index (κ2) is 9.21. The summed E-state index contributed by atoms with van der Waals surface area (Å²) in [4.78, 5) is 13.6. The van der Waals surface area contributed by atoms with E-state index in [1.165, 1.54) is 5.56 Å². The van der Waals surface area contributed by atoms with Gasteiger partial charge in [0.25, 0.3) is 0 Å². The van der Waals surface area contributed by atoms with Crippen molar-refractivity contribution in [3.63, 3.8) is 0 Å². The van der Waals surface area contributed by atoms with Crippen molar-refractivity contribution in [3.05, 3.63) is 57.8 Å². The molecule has 0 radical (unpaired) electrons. The molecule has 3 N–H and O–H groups in total. The Labute approximate surface area is 155 Å². The van der Waals surface area contributed by atoms with Crippen molar-refractivity contribution in [1.82, 2.24) is 5.32 Å². The van der Waals surface area contributed by atoms with E-state index in [9.17, 15) is 4.79 Å². The Kier molecular flexibility index (Phi) is 7.94. The van der Waals surface area contributed by atoms with Gasteiger partial charge in [-0.15, -0.1) is 23.7 Å². The molecule has 0 saturated carbocycles. The lowest BCUT2D eigenvalue weighted by Gasteiger charge is -2.22. The Bertz CT molecular complexity index is 623. The first kappa shape index (κ1) is 20.7. The van der Waals surface area contributed by atoms with E-state index in [1.54, 1.807) is 11.3 Å². The minimum atomic E-state index is -0.215. The number of carbonyl (C=O) groups is 1. The van der Waals surface area contributed by atoms with E-state index >= 15 is 0 Å². The lowest BCUT2D eigenvalue weighted by molar-refractivity contribution is -0.125. The van der Waals surface area contributed by atoms with Gasteiger partial charge in [-0.25, -0.2) is 0 Å². The van der Waals surface area contributed by atoms with Crippen molar-refractivity contribution < 1.29 is 4.79 Å². The molecule has 0 spiro atoms. The number of halogens is 1. The van der Waals surface area contributed by atoms with Gasteiger partial charge in [-0.05, 0) is 35.4 Å². The molecule has 24 heavy (non-hydrogen) atoms. The van der Waals surface area contributed by atoms with Crippen LogP contribution in [0.1, 0.15) is 55.7 Å². The van der Waals surface area contributed by atoms with E-state index in [0.717, 1.165) is 10.4 Å². The average molecular weight is 367 g/mol. The molecule has 2 aromatic rings. The van der Waals surface area contributed by atoms with E-state index in [2.05, 4.69) is 49.5 Å². The summed E-state index contributed by atoms with van der Waals surface area (Å²) >= 11 is 1.65. The summed E-state index contributed by atoms with van der Waals surface area (Å²) in [5.74, 6) is 0.274. The van der Waals surface area contributed by atoms with Crippen molar-refractivity contribution in [2.45, 2.75) is 45.7 Å². The van der Waals surface area contributed by atoms with Crippen molar-refractivity contribution in [1.29, 1.82) is 0 Å². The zero-order chi connectivity index (χ0) is 17.0. The van der Waals surface area contributed by atoms with Crippen LogP contribution >= 0.6 is 23.7 Å². The summed E-state index contributed by atoms with van der Waals surface area (Å²) in [5, 5.41) is 5.19. The Morgan fingerprint density at radius 2 is 1.62 bits per heavy atom. The molecule has 1 amide bonds. The maximum Gasteiger partial charge on any atom is 0.225 e. The summed E-state index contributed by atoms with van der Waals surface area (Å²) in [5.41, 5.74) is 8.26. The van der Waals surface area contributed by atoms with Crippen LogP contribution in [0.2, 0.25) is 0 Å². The molecular weight excluding hydrogens is 340 g/mol. The van der Waals surface area contributed by atoms with Gasteiger partial charge in [0.1, 0.15) is 0 Å². The highest BCUT2D eigenvalue weighted by Crippen LogP contribution is 2.28. The average Bonchev–Trinajstić information content (AvgIpc) is 3.05. The first-order valence-electron chi connectivity index (χ1n) is 8.09. The normalized spacial score (nSPS) is 14.6. The Morgan fingerprint density at radius 3 is 2.08 bits per heavy atom. The lowest BCUT2D eigenvalue weighted by atomic mass is 9.97. The fourth-order valence-electron chi connectivity index (χ4n) is 2.36. The molecule has 1 aromatic carbocycles. The number of hydrogen-bond acceptors (Lipinski definition) is 3. The zero-order valence-electron chi connectivity index (χ0n) is 14.7. The van der Waals surface area contributed by atoms with Gasteiger partial charge in [-0.2, -0.15) is 0 Å². The minimum Gasteiger partial charge on any atom is -0.344 e. The highest BCUT2D eigenvalue weighted by atomic mass is 35.5. The van der Waals surface area contributed by atoms with Gasteiger partial charge in [0, 0.05) is 16.8 Å². The van der Waals surface area contributed by atoms with Crippen LogP contribution in [0.3, 0.4) is 0 Å². The summed E-state index contributed by atoms with van der Waals surface area (Å²) in [6.45, 7) is 8.09. The first-order valence-corrected chi connectivity index (χ1v) is 8.97. The van der Waals surface area contributed by atoms with Gasteiger partial charge in [-0.1, -0.05) is 51.1 Å². The van der Waals surface area contributed by atoms with E-state index in [1.807, 2.05) is 25.3 Å². The van der Waals surface area contributed by atoms with Gasteiger partial charge in [0.2, 0.25) is 5.91 Å². The second-order valence-electron chi connectivity index (χ2n) is 6.43. The van der Waals surface area contributed by atoms with Gasteiger partial charge in [0.15, 0.2) is 0 Å². The molecule has 0 saturated heterocycles. The van der Waals surface area contributed by atoms with Gasteiger partial charge < -0.3 is 11.1 Å². The van der Waals surface area contributed by atoms with Crippen molar-refractivity contribution >= 4 is 29.7 Å². The number of nitrogens with one attached hydrogen (secondary N) is 1. The molecule has 0 aliphatic heterocycles. The van der Waals surface area contributed by atoms with Crippen LogP contribution < -0.4 is 11.1 Å². The van der Waals surface area contributed by atoms with E-state index in [0.29, 0.717) is 5.92 Å². The maximum atomic E-state index is 12.5. The van der Waals surface area contributed by atoms with E-state index < -0.39 is 0 Å². The fraction of sp³-hybridized carbons (Fsp3) is 0.421. The Morgan fingerprint density at radius 1 is 1.04 bits per heavy atom. The number of benzene rings is 1. The maximum absolute atomic E-state index is 12.5. The van der Waals surface area contributed by atoms with Gasteiger partial charge in [-0.3, -0.25) is 4.79 Å². The fourth-order valence-corrected chi connectivity index (χ4v) is 3.16. The lowest BCUT2D eigenvalue weighted by Crippen LogP contribution is -2.40. The number of carbonyl (C=O) groups excluding carboxylic acids is 1. The number of amides is 1. The van der Waals surface area contributed by atoms with Crippen LogP contribution in [0.4, 0.5) is 0 Å². The molecule has 0 bridgehead atoms. The molecule has 1 heterocycles. The quantitative estimate of drug-likeness (QED) is 0.791. The standard InChI is InChI=1S/C19H26N2OS.ClH/c1-12(2)15-7-9-16(10-8-15)18(17-6-5-11-23-17)21-19(22)13(3)14(4)20;/h5-14,18H,20H2,1-4H3,(H,21,22);1H. The molecule has 1 aromatic heterocycles. The van der Waals surface area contributed by atoms with Crippen molar-refractivity contribution in [2.24, 2.45) is 11.7 Å². The molecule has 3 unspecified atom stereocenters. The van der Waals surface area contributed by atoms with E-state index in [-0.39, 0.29) is 36.3 Å². The monoisotopic (exact) mass is 366 g/mol. The molecule has 5 heteroatoms. The van der Waals surface area contributed by atoms with Crippen LogP contribution in [0.5, 0.6) is 0 Å². The van der Waals surface area contributed by atoms with Crippen LogP contribution in [-0.4, -0.2) is 11.9 Å². The predicted molar refractivity (Wildman–Crippen MR) is 105 cm³/mol. The van der Waals surface area contributed by atoms with Crippen LogP contribution in [0.15, 0.2) is 41.8 Å². The number of hydrogen-bond donors (Lipinski definition) is 2. The highest BCUT2D eigenvalue weighted by Gasteiger charge is 2.23. The minimum absolute atomic E-state index is 0. The Balaban J connectivity index is 0.00000288. The van der Waals surface area contributed by atoms with Gasteiger partial charge >= 0.3 is 0 Å². The van der Waals surface area contributed by atoms with Crippen LogP contribution in [0.25, 0.3) is 0 Å². The number of rotatable bonds is 6. The van der Waals surface area contributed by atoms with E-state index in [4.69, 9.17) is 5.73 Å². The molecule has 3 atom stereocenters. The summed E-state index contributed by atoms with van der Waals surface area (Å²) in [6.07, 6.45) is 0. The smallest absolute Gasteiger partial charge is 0.225 e. The van der Waals surface area contributed by atoms with Crippen molar-refractivity contribution in [3.8, 4) is 0 Å². The summed E-state index contributed by atoms with van der Waals surface area (Å²) in [7, 11) is 0. The third-order valence-corrected chi connectivity index (χ3v) is 5.19. The molecule has 0 aliphatic rings. The molecule has 0 fully saturated rings. The predicted octanol–water partition coefficient (Wildman–Crippen LogP) is 4.48. The van der Waals surface area contributed by atoms with Crippen LogP contribution in [-0.2, 0) is 4.79 Å². The highest BCUT2D eigenvalue weighted by molar-refractivity contribution is 7.10. The van der Waals surface area contributed by atoms with Gasteiger partial charge in [0.05, 0.1) is 6.04 Å². The zero-order valence-corrected chi connectivity index (χ0v) is 16.3. The molecule has 0 aliphatic carbocycles. The first-order chi connectivity index (χ1) is 10.9. The molecule has 3 nitrogen and oxygen atoms in total. The third kappa shape index (κ3) is 5.07. The summed E-state index contributed by atoms with van der Waals surface area (Å²) in [6, 6.07) is 12.3. The largest absolute Gasteiger partial charge is 0.344 e. The third-order valence-electron chi connectivity index (χ3n) is 4.25. The Hall–Kier alpha value is -1.36. The molecular formula is C19H27ClN2OS. The molecule has 132 valence electrons. The number of nitrogens with two attached hydrogens (primary N) is 1. The van der Waals surface area contributed by atoms with Crippen molar-refractivity contribution in [2.75, 3.05) is 0 Å². The number of thiophene rings is 1. The second-order valence-corrected chi connectivity index (χ2v) is 7.41. The summed E-state index contributed by atoms with van der Waals surface area (Å²) < 4.78 is 0. The molecule has 2 rings (SSSR count). The SMILES string of the molecule is CC(C)c1ccc(C(NC(=O)C(C)C(C)N)c2cccs2)cc1.Cl.